The van der Waals surface area contributed by atoms with Crippen LogP contribution in [0, 0.1) is 5.41 Å². The highest BCUT2D eigenvalue weighted by molar-refractivity contribution is 7.90. The first-order valence-electron chi connectivity index (χ1n) is 9.04. The van der Waals surface area contributed by atoms with Crippen molar-refractivity contribution in [1.29, 1.82) is 0 Å². The molecule has 0 radical (unpaired) electrons. The van der Waals surface area contributed by atoms with Gasteiger partial charge in [-0.05, 0) is 55.4 Å². The van der Waals surface area contributed by atoms with E-state index in [-0.39, 0.29) is 16.8 Å². The van der Waals surface area contributed by atoms with Gasteiger partial charge in [0, 0.05) is 31.7 Å². The smallest absolute Gasteiger partial charge is 0.260 e. The summed E-state index contributed by atoms with van der Waals surface area (Å²) in [5.74, 6) is -0.126. The lowest BCUT2D eigenvalue weighted by atomic mass is 9.93. The Bertz CT molecular complexity index is 962. The monoisotopic (exact) mass is 386 g/mol. The lowest BCUT2D eigenvalue weighted by molar-refractivity contribution is 0.102. The zero-order valence-electron chi connectivity index (χ0n) is 15.2. The van der Waals surface area contributed by atoms with Gasteiger partial charge in [-0.3, -0.25) is 10.1 Å². The summed E-state index contributed by atoms with van der Waals surface area (Å²) in [4.78, 5) is 23.2. The molecule has 2 aromatic rings. The molecule has 1 N–H and O–H groups in total. The minimum Gasteiger partial charge on any atom is -0.371 e. The Kier molecular flexibility index (Phi) is 4.38. The van der Waals surface area contributed by atoms with E-state index in [0.29, 0.717) is 16.7 Å². The van der Waals surface area contributed by atoms with Crippen LogP contribution < -0.4 is 10.2 Å². The maximum absolute atomic E-state index is 12.8. The Hall–Kier alpha value is -2.48. The molecule has 1 aromatic heterocycles. The fraction of sp³-hybridized carbons (Fsp3) is 0.421. The molecule has 27 heavy (non-hydrogen) atoms. The van der Waals surface area contributed by atoms with E-state index in [1.54, 1.807) is 30.6 Å². The molecule has 1 aromatic carbocycles. The van der Waals surface area contributed by atoms with Gasteiger partial charge in [-0.25, -0.2) is 18.4 Å². The van der Waals surface area contributed by atoms with Crippen molar-refractivity contribution in [2.75, 3.05) is 29.6 Å². The van der Waals surface area contributed by atoms with Gasteiger partial charge in [-0.1, -0.05) is 0 Å². The Balaban J connectivity index is 1.66. The van der Waals surface area contributed by atoms with Crippen LogP contribution in [0.15, 0.2) is 41.6 Å². The number of hydrogen-bond acceptors (Lipinski definition) is 6. The highest BCUT2D eigenvalue weighted by atomic mass is 32.2. The second kappa shape index (κ2) is 6.60. The Morgan fingerprint density at radius 2 is 1.78 bits per heavy atom. The van der Waals surface area contributed by atoms with E-state index in [2.05, 4.69) is 20.2 Å². The Morgan fingerprint density at radius 3 is 2.37 bits per heavy atom. The topological polar surface area (TPSA) is 92.3 Å². The average molecular weight is 386 g/mol. The quantitative estimate of drug-likeness (QED) is 0.868. The van der Waals surface area contributed by atoms with Gasteiger partial charge in [-0.15, -0.1) is 0 Å². The second-order valence-corrected chi connectivity index (χ2v) is 9.48. The molecule has 2 fully saturated rings. The predicted molar refractivity (Wildman–Crippen MR) is 103 cm³/mol. The van der Waals surface area contributed by atoms with E-state index in [1.165, 1.54) is 25.2 Å². The number of carbonyl (C=O) groups excluding carboxylic acids is 1. The Morgan fingerprint density at radius 1 is 1.11 bits per heavy atom. The van der Waals surface area contributed by atoms with Gasteiger partial charge in [-0.2, -0.15) is 0 Å². The van der Waals surface area contributed by atoms with E-state index >= 15 is 0 Å². The van der Waals surface area contributed by atoms with Gasteiger partial charge >= 0.3 is 0 Å². The molecule has 4 rings (SSSR count). The molecule has 0 atom stereocenters. The summed E-state index contributed by atoms with van der Waals surface area (Å²) in [7, 11) is -3.36. The first kappa shape index (κ1) is 17.9. The SMILES string of the molecule is CS(=O)(=O)c1ccc(C(=O)Nc2ncccn2)c(N2CCC3(CC2)CC3)c1. The van der Waals surface area contributed by atoms with E-state index in [9.17, 15) is 13.2 Å². The van der Waals surface area contributed by atoms with Crippen molar-refractivity contribution in [2.45, 2.75) is 30.6 Å². The number of piperidine rings is 1. The van der Waals surface area contributed by atoms with Crippen LogP contribution in [0.3, 0.4) is 0 Å². The molecule has 7 nitrogen and oxygen atoms in total. The highest BCUT2D eigenvalue weighted by Crippen LogP contribution is 2.54. The van der Waals surface area contributed by atoms with Crippen LogP contribution in [-0.4, -0.2) is 43.6 Å². The molecule has 0 bridgehead atoms. The standard InChI is InChI=1S/C19H22N4O3S/c1-27(25,26)14-3-4-15(17(24)22-18-20-9-2-10-21-18)16(13-14)23-11-7-19(5-6-19)8-12-23/h2-4,9-10,13H,5-8,11-12H2,1H3,(H,20,21,22,24). The molecule has 1 aliphatic carbocycles. The van der Waals surface area contributed by atoms with Crippen LogP contribution in [0.2, 0.25) is 0 Å². The summed E-state index contributed by atoms with van der Waals surface area (Å²) < 4.78 is 24.0. The fourth-order valence-corrected chi connectivity index (χ4v) is 4.27. The van der Waals surface area contributed by atoms with E-state index in [1.807, 2.05) is 0 Å². The van der Waals surface area contributed by atoms with E-state index in [0.717, 1.165) is 25.9 Å². The first-order chi connectivity index (χ1) is 12.9. The van der Waals surface area contributed by atoms with Gasteiger partial charge in [0.1, 0.15) is 0 Å². The van der Waals surface area contributed by atoms with Gasteiger partial charge in [0.05, 0.1) is 16.1 Å². The van der Waals surface area contributed by atoms with Gasteiger partial charge in [0.15, 0.2) is 9.84 Å². The molecule has 142 valence electrons. The number of aromatic nitrogens is 2. The van der Waals surface area contributed by atoms with Crippen LogP contribution in [0.1, 0.15) is 36.0 Å². The highest BCUT2D eigenvalue weighted by Gasteiger charge is 2.44. The maximum Gasteiger partial charge on any atom is 0.260 e. The third kappa shape index (κ3) is 3.80. The number of sulfone groups is 1. The number of anilines is 2. The molecule has 1 aliphatic heterocycles. The van der Waals surface area contributed by atoms with Crippen LogP contribution in [0.5, 0.6) is 0 Å². The molecule has 2 aliphatic rings. The molecule has 1 saturated heterocycles. The minimum absolute atomic E-state index is 0.219. The normalized spacial score (nSPS) is 18.3. The van der Waals surface area contributed by atoms with Crippen molar-refractivity contribution in [3.05, 3.63) is 42.2 Å². The molecule has 0 unspecified atom stereocenters. The fourth-order valence-electron chi connectivity index (χ4n) is 3.63. The Labute approximate surface area is 158 Å². The largest absolute Gasteiger partial charge is 0.371 e. The van der Waals surface area contributed by atoms with Crippen molar-refractivity contribution < 1.29 is 13.2 Å². The number of nitrogens with zero attached hydrogens (tertiary/aromatic N) is 3. The van der Waals surface area contributed by atoms with Gasteiger partial charge in [0.25, 0.3) is 5.91 Å². The third-order valence-electron chi connectivity index (χ3n) is 5.55. The molecule has 2 heterocycles. The van der Waals surface area contributed by atoms with Crippen molar-refractivity contribution in [1.82, 2.24) is 9.97 Å². The van der Waals surface area contributed by atoms with Crippen LogP contribution in [0.4, 0.5) is 11.6 Å². The summed E-state index contributed by atoms with van der Waals surface area (Å²) in [5.41, 5.74) is 1.58. The summed E-state index contributed by atoms with van der Waals surface area (Å²) in [6, 6.07) is 6.34. The second-order valence-electron chi connectivity index (χ2n) is 7.46. The summed E-state index contributed by atoms with van der Waals surface area (Å²) >= 11 is 0. The average Bonchev–Trinajstić information content (AvgIpc) is 3.41. The molecule has 1 saturated carbocycles. The molecule has 1 amide bonds. The van der Waals surface area contributed by atoms with Crippen molar-refractivity contribution in [2.24, 2.45) is 5.41 Å². The number of rotatable bonds is 4. The molecule has 1 spiro atoms. The molecular formula is C19H22N4O3S. The van der Waals surface area contributed by atoms with Crippen molar-refractivity contribution in [3.8, 4) is 0 Å². The lowest BCUT2D eigenvalue weighted by Crippen LogP contribution is -2.35. The molecule has 8 heteroatoms. The van der Waals surface area contributed by atoms with Gasteiger partial charge < -0.3 is 4.90 Å². The molecular weight excluding hydrogens is 364 g/mol. The van der Waals surface area contributed by atoms with Gasteiger partial charge in [0.2, 0.25) is 5.95 Å². The van der Waals surface area contributed by atoms with Crippen molar-refractivity contribution in [3.63, 3.8) is 0 Å². The summed E-state index contributed by atoms with van der Waals surface area (Å²) in [5, 5.41) is 2.69. The van der Waals surface area contributed by atoms with E-state index < -0.39 is 9.84 Å². The van der Waals surface area contributed by atoms with Crippen molar-refractivity contribution >= 4 is 27.4 Å². The van der Waals surface area contributed by atoms with Crippen LogP contribution >= 0.6 is 0 Å². The summed E-state index contributed by atoms with van der Waals surface area (Å²) in [6.45, 7) is 1.66. The zero-order chi connectivity index (χ0) is 19.1. The predicted octanol–water partition coefficient (Wildman–Crippen LogP) is 2.51. The minimum atomic E-state index is -3.36. The number of carbonyl (C=O) groups is 1. The number of nitrogens with one attached hydrogen (secondary N) is 1. The third-order valence-corrected chi connectivity index (χ3v) is 6.67. The van der Waals surface area contributed by atoms with Crippen LogP contribution in [-0.2, 0) is 9.84 Å². The van der Waals surface area contributed by atoms with Crippen LogP contribution in [0.25, 0.3) is 0 Å². The first-order valence-corrected chi connectivity index (χ1v) is 10.9. The summed E-state index contributed by atoms with van der Waals surface area (Å²) in [6.07, 6.45) is 9.01. The number of benzene rings is 1. The lowest BCUT2D eigenvalue weighted by Gasteiger charge is -2.35. The van der Waals surface area contributed by atoms with E-state index in [4.69, 9.17) is 0 Å². The maximum atomic E-state index is 12.8. The number of hydrogen-bond donors (Lipinski definition) is 1. The zero-order valence-corrected chi connectivity index (χ0v) is 16.0. The number of amides is 1.